The molecule has 2 aromatic carbocycles. The molecule has 0 radical (unpaired) electrons. The Bertz CT molecular complexity index is 1240. The summed E-state index contributed by atoms with van der Waals surface area (Å²) in [5, 5.41) is 22.8. The van der Waals surface area contributed by atoms with Crippen LogP contribution in [0.2, 0.25) is 0 Å². The molecule has 0 unspecified atom stereocenters. The molecule has 32 heavy (non-hydrogen) atoms. The Kier molecular flexibility index (Phi) is 5.90. The lowest BCUT2D eigenvalue weighted by atomic mass is 10.2. The molecule has 0 fully saturated rings. The minimum absolute atomic E-state index is 0.185. The third-order valence-electron chi connectivity index (χ3n) is 4.26. The molecule has 13 heteroatoms. The lowest BCUT2D eigenvalue weighted by Gasteiger charge is -2.09. The molecular weight excluding hydrogens is 445 g/mol. The molecular formula is C19H15F3N8OS. The number of carbonyl (C=O) groups excluding carboxylic acids is 1. The Hall–Kier alpha value is -3.74. The first kappa shape index (κ1) is 21.5. The monoisotopic (exact) mass is 460 g/mol. The number of anilines is 1. The average Bonchev–Trinajstić information content (AvgIpc) is 3.41. The molecule has 2 heterocycles. The van der Waals surface area contributed by atoms with E-state index in [1.54, 1.807) is 22.8 Å². The Morgan fingerprint density at radius 1 is 1.09 bits per heavy atom. The van der Waals surface area contributed by atoms with Gasteiger partial charge < -0.3 is 5.32 Å². The number of hydrogen-bond donors (Lipinski definition) is 1. The zero-order chi connectivity index (χ0) is 22.7. The fraction of sp³-hybridized carbons (Fsp3) is 0.158. The molecule has 0 saturated heterocycles. The van der Waals surface area contributed by atoms with Crippen LogP contribution >= 0.6 is 11.8 Å². The highest BCUT2D eigenvalue weighted by atomic mass is 32.2. The zero-order valence-corrected chi connectivity index (χ0v) is 17.3. The first-order valence-corrected chi connectivity index (χ1v) is 10.2. The van der Waals surface area contributed by atoms with E-state index in [0.29, 0.717) is 22.4 Å². The number of halogens is 3. The molecule has 0 aliphatic rings. The van der Waals surface area contributed by atoms with E-state index in [9.17, 15) is 18.0 Å². The lowest BCUT2D eigenvalue weighted by molar-refractivity contribution is -0.137. The number of nitrogens with one attached hydrogen (secondary N) is 1. The van der Waals surface area contributed by atoms with Gasteiger partial charge in [-0.15, -0.1) is 15.3 Å². The summed E-state index contributed by atoms with van der Waals surface area (Å²) in [6, 6.07) is 11.7. The summed E-state index contributed by atoms with van der Waals surface area (Å²) >= 11 is 1.30. The van der Waals surface area contributed by atoms with Crippen LogP contribution in [-0.4, -0.2) is 40.9 Å². The van der Waals surface area contributed by atoms with Gasteiger partial charge in [0.1, 0.15) is 6.33 Å². The summed E-state index contributed by atoms with van der Waals surface area (Å²) in [6.07, 6.45) is -2.88. The summed E-state index contributed by atoms with van der Waals surface area (Å²) in [5.41, 5.74) is 1.03. The Labute approximate surface area is 183 Å². The summed E-state index contributed by atoms with van der Waals surface area (Å²) in [7, 11) is 0. The van der Waals surface area contributed by atoms with E-state index in [1.807, 2.05) is 6.07 Å². The topological polar surface area (TPSA) is 103 Å². The standard InChI is InChI=1S/C19H15F3N8OS/c1-12(31)24-14-3-2-4-16(9-14)29-11-23-26-18(29)32-10-17-25-27-28-30(17)15-7-5-13(6-8-15)19(20,21)22/h2-9,11H,10H2,1H3,(H,24,31). The normalized spacial score (nSPS) is 11.5. The van der Waals surface area contributed by atoms with E-state index in [2.05, 4.69) is 31.0 Å². The van der Waals surface area contributed by atoms with Gasteiger partial charge in [-0.1, -0.05) is 17.8 Å². The third kappa shape index (κ3) is 4.77. The van der Waals surface area contributed by atoms with Crippen LogP contribution in [0.4, 0.5) is 18.9 Å². The highest BCUT2D eigenvalue weighted by Gasteiger charge is 2.30. The fourth-order valence-corrected chi connectivity index (χ4v) is 3.69. The van der Waals surface area contributed by atoms with Crippen LogP contribution in [0.25, 0.3) is 11.4 Å². The van der Waals surface area contributed by atoms with Gasteiger partial charge in [0.05, 0.1) is 22.7 Å². The number of benzene rings is 2. The minimum atomic E-state index is -4.42. The van der Waals surface area contributed by atoms with Crippen LogP contribution in [0.3, 0.4) is 0 Å². The summed E-state index contributed by atoms with van der Waals surface area (Å²) in [5.74, 6) is 0.532. The Morgan fingerprint density at radius 2 is 1.88 bits per heavy atom. The molecule has 164 valence electrons. The molecule has 0 aliphatic carbocycles. The predicted molar refractivity (Wildman–Crippen MR) is 109 cm³/mol. The largest absolute Gasteiger partial charge is 0.416 e. The highest BCUT2D eigenvalue weighted by Crippen LogP contribution is 2.30. The molecule has 0 saturated carbocycles. The lowest BCUT2D eigenvalue weighted by Crippen LogP contribution is -2.07. The SMILES string of the molecule is CC(=O)Nc1cccc(-n2cnnc2SCc2nnnn2-c2ccc(C(F)(F)F)cc2)c1. The second kappa shape index (κ2) is 8.78. The van der Waals surface area contributed by atoms with Gasteiger partial charge in [-0.05, 0) is 52.9 Å². The third-order valence-corrected chi connectivity index (χ3v) is 5.20. The Balaban J connectivity index is 1.52. The van der Waals surface area contributed by atoms with Crippen molar-refractivity contribution in [3.05, 3.63) is 66.2 Å². The van der Waals surface area contributed by atoms with Gasteiger partial charge >= 0.3 is 6.18 Å². The van der Waals surface area contributed by atoms with E-state index >= 15 is 0 Å². The zero-order valence-electron chi connectivity index (χ0n) is 16.5. The number of amides is 1. The van der Waals surface area contributed by atoms with Gasteiger partial charge in [0.15, 0.2) is 11.0 Å². The van der Waals surface area contributed by atoms with E-state index in [0.717, 1.165) is 17.8 Å². The molecule has 2 aromatic heterocycles. The molecule has 9 nitrogen and oxygen atoms in total. The van der Waals surface area contributed by atoms with Crippen LogP contribution in [-0.2, 0) is 16.7 Å². The van der Waals surface area contributed by atoms with E-state index in [-0.39, 0.29) is 11.7 Å². The number of alkyl halides is 3. The van der Waals surface area contributed by atoms with Crippen LogP contribution < -0.4 is 5.32 Å². The summed E-state index contributed by atoms with van der Waals surface area (Å²) in [6.45, 7) is 1.42. The van der Waals surface area contributed by atoms with Crippen molar-refractivity contribution >= 4 is 23.4 Å². The number of nitrogens with zero attached hydrogens (tertiary/aromatic N) is 7. The number of tetrazole rings is 1. The molecule has 0 aliphatic heterocycles. The highest BCUT2D eigenvalue weighted by molar-refractivity contribution is 7.98. The molecule has 4 rings (SSSR count). The van der Waals surface area contributed by atoms with Crippen molar-refractivity contribution in [2.45, 2.75) is 24.0 Å². The molecule has 1 N–H and O–H groups in total. The van der Waals surface area contributed by atoms with E-state index in [1.165, 1.54) is 41.8 Å². The van der Waals surface area contributed by atoms with Crippen molar-refractivity contribution in [1.29, 1.82) is 0 Å². The van der Waals surface area contributed by atoms with Crippen molar-refractivity contribution in [2.75, 3.05) is 5.32 Å². The van der Waals surface area contributed by atoms with Gasteiger partial charge in [0, 0.05) is 12.6 Å². The van der Waals surface area contributed by atoms with Gasteiger partial charge in [0.2, 0.25) is 5.91 Å². The van der Waals surface area contributed by atoms with Crippen molar-refractivity contribution in [1.82, 2.24) is 35.0 Å². The van der Waals surface area contributed by atoms with Crippen LogP contribution in [0.5, 0.6) is 0 Å². The number of carbonyl (C=O) groups is 1. The summed E-state index contributed by atoms with van der Waals surface area (Å²) < 4.78 is 41.5. The van der Waals surface area contributed by atoms with Gasteiger partial charge in [0.25, 0.3) is 0 Å². The number of aromatic nitrogens is 7. The second-order valence-electron chi connectivity index (χ2n) is 6.56. The number of thioether (sulfide) groups is 1. The summed E-state index contributed by atoms with van der Waals surface area (Å²) in [4.78, 5) is 11.3. The molecule has 1 amide bonds. The van der Waals surface area contributed by atoms with Crippen LogP contribution in [0, 0.1) is 0 Å². The first-order valence-electron chi connectivity index (χ1n) is 9.17. The Morgan fingerprint density at radius 3 is 2.59 bits per heavy atom. The first-order chi connectivity index (χ1) is 15.3. The average molecular weight is 460 g/mol. The van der Waals surface area contributed by atoms with Crippen molar-refractivity contribution in [3.8, 4) is 11.4 Å². The molecule has 0 bridgehead atoms. The smallest absolute Gasteiger partial charge is 0.326 e. The van der Waals surface area contributed by atoms with E-state index in [4.69, 9.17) is 0 Å². The molecule has 0 atom stereocenters. The maximum absolute atomic E-state index is 12.8. The predicted octanol–water partition coefficient (Wildman–Crippen LogP) is 3.51. The quantitative estimate of drug-likeness (QED) is 0.439. The second-order valence-corrected chi connectivity index (χ2v) is 7.50. The number of hydrogen-bond acceptors (Lipinski definition) is 7. The van der Waals surface area contributed by atoms with Crippen molar-refractivity contribution < 1.29 is 18.0 Å². The fourth-order valence-electron chi connectivity index (χ4n) is 2.85. The van der Waals surface area contributed by atoms with E-state index < -0.39 is 11.7 Å². The maximum Gasteiger partial charge on any atom is 0.416 e. The van der Waals surface area contributed by atoms with Gasteiger partial charge in [-0.2, -0.15) is 17.9 Å². The van der Waals surface area contributed by atoms with Crippen molar-refractivity contribution in [3.63, 3.8) is 0 Å². The number of rotatable bonds is 6. The van der Waals surface area contributed by atoms with Gasteiger partial charge in [-0.3, -0.25) is 9.36 Å². The van der Waals surface area contributed by atoms with Gasteiger partial charge in [-0.25, -0.2) is 0 Å². The molecule has 0 spiro atoms. The van der Waals surface area contributed by atoms with Crippen LogP contribution in [0.1, 0.15) is 18.3 Å². The minimum Gasteiger partial charge on any atom is -0.326 e. The van der Waals surface area contributed by atoms with Crippen molar-refractivity contribution in [2.24, 2.45) is 0 Å². The molecule has 4 aromatic rings. The van der Waals surface area contributed by atoms with Crippen LogP contribution in [0.15, 0.2) is 60.0 Å². The maximum atomic E-state index is 12.8.